The van der Waals surface area contributed by atoms with Crippen molar-refractivity contribution in [3.8, 4) is 0 Å². The smallest absolute Gasteiger partial charge is 0.408 e. The molecule has 1 unspecified atom stereocenters. The van der Waals surface area contributed by atoms with Crippen molar-refractivity contribution in [3.05, 3.63) is 51.8 Å². The predicted molar refractivity (Wildman–Crippen MR) is 99.4 cm³/mol. The molecule has 0 N–H and O–H groups in total. The molecule has 3 heterocycles. The lowest BCUT2D eigenvalue weighted by molar-refractivity contribution is -0.135. The molecule has 1 amide bonds. The van der Waals surface area contributed by atoms with E-state index in [1.807, 2.05) is 36.9 Å². The summed E-state index contributed by atoms with van der Waals surface area (Å²) in [4.78, 5) is 27.0. The third kappa shape index (κ3) is 3.41. The van der Waals surface area contributed by atoms with Crippen LogP contribution in [0.5, 0.6) is 0 Å². The maximum atomic E-state index is 12.9. The summed E-state index contributed by atoms with van der Waals surface area (Å²) in [6.45, 7) is 4.82. The van der Waals surface area contributed by atoms with E-state index in [9.17, 15) is 9.59 Å². The van der Waals surface area contributed by atoms with Gasteiger partial charge in [0, 0.05) is 25.6 Å². The number of hydrogen-bond acceptors (Lipinski definition) is 5. The Morgan fingerprint density at radius 1 is 1.26 bits per heavy atom. The number of nitrogens with zero attached hydrogens (tertiary/aromatic N) is 3. The maximum absolute atomic E-state index is 12.9. The zero-order chi connectivity index (χ0) is 19.0. The summed E-state index contributed by atoms with van der Waals surface area (Å²) in [6.07, 6.45) is 3.17. The van der Waals surface area contributed by atoms with Crippen LogP contribution in [0.15, 0.2) is 38.0 Å². The highest BCUT2D eigenvalue weighted by molar-refractivity contribution is 5.77. The molecule has 0 bridgehead atoms. The van der Waals surface area contributed by atoms with Gasteiger partial charge in [0.2, 0.25) is 5.91 Å². The fraction of sp³-hybridized carbons (Fsp3) is 0.450. The Morgan fingerprint density at radius 3 is 2.89 bits per heavy atom. The number of carbonyl (C=O) groups excluding carboxylic acids is 1. The number of carbonyl (C=O) groups is 1. The number of amides is 1. The molecule has 1 fully saturated rings. The van der Waals surface area contributed by atoms with Crippen LogP contribution in [0, 0.1) is 13.8 Å². The Morgan fingerprint density at radius 2 is 2.11 bits per heavy atom. The molecule has 3 aromatic rings. The van der Waals surface area contributed by atoms with Crippen molar-refractivity contribution < 1.29 is 13.7 Å². The van der Waals surface area contributed by atoms with Gasteiger partial charge >= 0.3 is 5.76 Å². The second kappa shape index (κ2) is 7.06. The van der Waals surface area contributed by atoms with Crippen LogP contribution in [0.25, 0.3) is 11.1 Å². The third-order valence-corrected chi connectivity index (χ3v) is 5.18. The van der Waals surface area contributed by atoms with E-state index in [-0.39, 0.29) is 18.4 Å². The van der Waals surface area contributed by atoms with Crippen LogP contribution in [0.4, 0.5) is 0 Å². The van der Waals surface area contributed by atoms with Crippen LogP contribution in [-0.2, 0) is 11.3 Å². The quantitative estimate of drug-likeness (QED) is 0.704. The first-order chi connectivity index (χ1) is 13.0. The predicted octanol–water partition coefficient (Wildman–Crippen LogP) is 3.34. The summed E-state index contributed by atoms with van der Waals surface area (Å²) in [6, 6.07) is 7.44. The van der Waals surface area contributed by atoms with Gasteiger partial charge in [0.15, 0.2) is 5.58 Å². The molecule has 1 aliphatic rings. The number of fused-ring (bicyclic) bond motifs is 1. The summed E-state index contributed by atoms with van der Waals surface area (Å²) >= 11 is 0. The monoisotopic (exact) mass is 369 g/mol. The summed E-state index contributed by atoms with van der Waals surface area (Å²) in [5, 5.41) is 4.11. The lowest BCUT2D eigenvalue weighted by Gasteiger charge is -2.34. The van der Waals surface area contributed by atoms with Crippen molar-refractivity contribution in [2.75, 3.05) is 6.54 Å². The second-order valence-electron chi connectivity index (χ2n) is 7.20. The van der Waals surface area contributed by atoms with Crippen molar-refractivity contribution in [2.45, 2.75) is 52.1 Å². The molecule has 7 heteroatoms. The molecule has 27 heavy (non-hydrogen) atoms. The Labute approximate surface area is 156 Å². The van der Waals surface area contributed by atoms with Crippen molar-refractivity contribution in [1.29, 1.82) is 0 Å². The molecular weight excluding hydrogens is 346 g/mol. The van der Waals surface area contributed by atoms with Crippen molar-refractivity contribution >= 4 is 17.0 Å². The van der Waals surface area contributed by atoms with E-state index in [2.05, 4.69) is 5.16 Å². The van der Waals surface area contributed by atoms with Crippen LogP contribution in [0.2, 0.25) is 0 Å². The van der Waals surface area contributed by atoms with Crippen LogP contribution in [0.1, 0.15) is 48.7 Å². The summed E-state index contributed by atoms with van der Waals surface area (Å²) in [5.74, 6) is 0.342. The minimum absolute atomic E-state index is 0.0225. The van der Waals surface area contributed by atoms with E-state index in [0.29, 0.717) is 18.7 Å². The minimum atomic E-state index is -0.425. The number of piperidine rings is 1. The average Bonchev–Trinajstić information content (AvgIpc) is 3.22. The van der Waals surface area contributed by atoms with Gasteiger partial charge < -0.3 is 13.8 Å². The fourth-order valence-corrected chi connectivity index (χ4v) is 3.82. The molecule has 0 saturated carbocycles. The van der Waals surface area contributed by atoms with Gasteiger partial charge in [0.1, 0.15) is 11.5 Å². The summed E-state index contributed by atoms with van der Waals surface area (Å²) < 4.78 is 12.0. The van der Waals surface area contributed by atoms with Crippen LogP contribution in [-0.4, -0.2) is 27.1 Å². The van der Waals surface area contributed by atoms with Crippen molar-refractivity contribution in [3.63, 3.8) is 0 Å². The Hall–Kier alpha value is -2.83. The van der Waals surface area contributed by atoms with E-state index >= 15 is 0 Å². The fourth-order valence-electron chi connectivity index (χ4n) is 3.82. The number of benzene rings is 1. The highest BCUT2D eigenvalue weighted by Crippen LogP contribution is 2.31. The molecule has 1 saturated heterocycles. The normalized spacial score (nSPS) is 17.6. The van der Waals surface area contributed by atoms with E-state index in [4.69, 9.17) is 8.94 Å². The number of aromatic nitrogens is 2. The molecule has 4 rings (SSSR count). The molecule has 7 nitrogen and oxygen atoms in total. The number of hydrogen-bond donors (Lipinski definition) is 0. The van der Waals surface area contributed by atoms with Crippen LogP contribution >= 0.6 is 0 Å². The van der Waals surface area contributed by atoms with Gasteiger partial charge in [-0.15, -0.1) is 0 Å². The van der Waals surface area contributed by atoms with Gasteiger partial charge in [-0.1, -0.05) is 11.2 Å². The van der Waals surface area contributed by atoms with Gasteiger partial charge in [-0.05, 0) is 50.8 Å². The number of aryl methyl sites for hydroxylation is 3. The topological polar surface area (TPSA) is 81.5 Å². The van der Waals surface area contributed by atoms with Gasteiger partial charge in [0.05, 0.1) is 11.6 Å². The lowest BCUT2D eigenvalue weighted by Crippen LogP contribution is -2.39. The third-order valence-electron chi connectivity index (χ3n) is 5.18. The molecule has 1 aliphatic heterocycles. The van der Waals surface area contributed by atoms with Crippen molar-refractivity contribution in [2.24, 2.45) is 0 Å². The second-order valence-corrected chi connectivity index (χ2v) is 7.20. The largest absolute Gasteiger partial charge is 0.419 e. The van der Waals surface area contributed by atoms with Crippen LogP contribution < -0.4 is 5.76 Å². The Kier molecular flexibility index (Phi) is 4.59. The molecule has 142 valence electrons. The Bertz CT molecular complexity index is 1030. The molecule has 1 atom stereocenters. The van der Waals surface area contributed by atoms with E-state index in [1.54, 1.807) is 10.6 Å². The zero-order valence-electron chi connectivity index (χ0n) is 15.6. The first-order valence-corrected chi connectivity index (χ1v) is 9.35. The van der Waals surface area contributed by atoms with Gasteiger partial charge in [-0.2, -0.15) is 0 Å². The van der Waals surface area contributed by atoms with Gasteiger partial charge in [-0.3, -0.25) is 9.36 Å². The average molecular weight is 369 g/mol. The summed E-state index contributed by atoms with van der Waals surface area (Å²) in [7, 11) is 0. The molecular formula is C20H23N3O4. The zero-order valence-corrected chi connectivity index (χ0v) is 15.6. The highest BCUT2D eigenvalue weighted by Gasteiger charge is 2.30. The minimum Gasteiger partial charge on any atom is -0.408 e. The van der Waals surface area contributed by atoms with E-state index in [0.717, 1.165) is 41.8 Å². The van der Waals surface area contributed by atoms with E-state index in [1.165, 1.54) is 0 Å². The van der Waals surface area contributed by atoms with Crippen LogP contribution in [0.3, 0.4) is 0 Å². The highest BCUT2D eigenvalue weighted by atomic mass is 16.5. The SMILES string of the molecule is Cc1ccc2oc(=O)n(CCC(=O)N3CCCCC3c3cc(C)on3)c2c1. The molecule has 0 radical (unpaired) electrons. The first-order valence-electron chi connectivity index (χ1n) is 9.35. The standard InChI is InChI=1S/C20H23N3O4/c1-13-6-7-18-17(11-13)23(20(25)26-18)10-8-19(24)22-9-4-3-5-16(22)15-12-14(2)27-21-15/h6-7,11-12,16H,3-5,8-10H2,1-2H3. The van der Waals surface area contributed by atoms with Crippen molar-refractivity contribution in [1.82, 2.24) is 14.6 Å². The van der Waals surface area contributed by atoms with E-state index < -0.39 is 5.76 Å². The molecule has 1 aromatic carbocycles. The molecule has 2 aromatic heterocycles. The molecule has 0 aliphatic carbocycles. The first kappa shape index (κ1) is 17.6. The van der Waals surface area contributed by atoms with Gasteiger partial charge in [-0.25, -0.2) is 4.79 Å². The maximum Gasteiger partial charge on any atom is 0.419 e. The number of rotatable bonds is 4. The lowest BCUT2D eigenvalue weighted by atomic mass is 9.98. The summed E-state index contributed by atoms with van der Waals surface area (Å²) in [5.41, 5.74) is 3.13. The molecule has 0 spiro atoms. The number of likely N-dealkylation sites (tertiary alicyclic amines) is 1. The van der Waals surface area contributed by atoms with Gasteiger partial charge in [0.25, 0.3) is 0 Å². The number of oxazole rings is 1. The Balaban J connectivity index is 1.52.